The fraction of sp³-hybridized carbons (Fsp3) is 0.0769. The van der Waals surface area contributed by atoms with Gasteiger partial charge in [0.2, 0.25) is 5.88 Å². The summed E-state index contributed by atoms with van der Waals surface area (Å²) in [5.74, 6) is 0.0766. The van der Waals surface area contributed by atoms with Crippen LogP contribution in [0, 0.1) is 4.77 Å². The van der Waals surface area contributed by atoms with E-state index in [4.69, 9.17) is 12.2 Å². The summed E-state index contributed by atoms with van der Waals surface area (Å²) in [6.07, 6.45) is 3.66. The van der Waals surface area contributed by atoms with Gasteiger partial charge in [-0.25, -0.2) is 0 Å². The predicted octanol–water partition coefficient (Wildman–Crippen LogP) is 3.04. The number of fused-ring (bicyclic) bond motifs is 1. The fourth-order valence-corrected chi connectivity index (χ4v) is 2.18. The van der Waals surface area contributed by atoms with E-state index in [1.54, 1.807) is 10.8 Å². The zero-order valence-corrected chi connectivity index (χ0v) is 10.5. The Morgan fingerprint density at radius 2 is 2.17 bits per heavy atom. The van der Waals surface area contributed by atoms with Gasteiger partial charge in [0, 0.05) is 24.4 Å². The van der Waals surface area contributed by atoms with Gasteiger partial charge in [-0.05, 0) is 24.4 Å². The molecule has 1 aliphatic rings. The molecule has 0 saturated heterocycles. The van der Waals surface area contributed by atoms with Crippen molar-refractivity contribution >= 4 is 35.8 Å². The van der Waals surface area contributed by atoms with Gasteiger partial charge in [-0.3, -0.25) is 4.99 Å². The molecule has 90 valence electrons. The molecule has 1 aromatic heterocycles. The minimum absolute atomic E-state index is 0.0766. The first-order valence-electron chi connectivity index (χ1n) is 5.50. The third kappa shape index (κ3) is 1.60. The Hall–Kier alpha value is -2.14. The van der Waals surface area contributed by atoms with Gasteiger partial charge in [-0.1, -0.05) is 18.2 Å². The molecule has 2 aromatic rings. The number of imidazole rings is 1. The van der Waals surface area contributed by atoms with Crippen LogP contribution in [-0.2, 0) is 7.05 Å². The SMILES string of the molecule is Cn1c(/C=C2\C=Nc3ccccc32)c(O)[nH]c1=S. The largest absolute Gasteiger partial charge is 0.493 e. The molecule has 0 unspecified atom stereocenters. The van der Waals surface area contributed by atoms with Gasteiger partial charge in [-0.15, -0.1) is 0 Å². The van der Waals surface area contributed by atoms with Crippen molar-refractivity contribution in [1.29, 1.82) is 0 Å². The first kappa shape index (κ1) is 11.0. The van der Waals surface area contributed by atoms with Crippen LogP contribution in [0.1, 0.15) is 11.3 Å². The fourth-order valence-electron chi connectivity index (χ4n) is 1.98. The summed E-state index contributed by atoms with van der Waals surface area (Å²) in [6, 6.07) is 7.89. The lowest BCUT2D eigenvalue weighted by Gasteiger charge is -2.00. The lowest BCUT2D eigenvalue weighted by molar-refractivity contribution is 0.454. The molecule has 0 saturated carbocycles. The highest BCUT2D eigenvalue weighted by molar-refractivity contribution is 7.71. The Balaban J connectivity index is 2.15. The van der Waals surface area contributed by atoms with E-state index in [1.165, 1.54) is 0 Å². The monoisotopic (exact) mass is 257 g/mol. The second-order valence-electron chi connectivity index (χ2n) is 4.10. The summed E-state index contributed by atoms with van der Waals surface area (Å²) in [7, 11) is 1.81. The molecule has 0 aliphatic carbocycles. The number of H-pyrrole nitrogens is 1. The van der Waals surface area contributed by atoms with Crippen LogP contribution in [0.2, 0.25) is 0 Å². The van der Waals surface area contributed by atoms with Gasteiger partial charge in [-0.2, -0.15) is 0 Å². The minimum Gasteiger partial charge on any atom is -0.493 e. The number of aliphatic imine (C=N–C) groups is 1. The predicted molar refractivity (Wildman–Crippen MR) is 74.7 cm³/mol. The zero-order valence-electron chi connectivity index (χ0n) is 9.71. The van der Waals surface area contributed by atoms with Gasteiger partial charge < -0.3 is 14.7 Å². The van der Waals surface area contributed by atoms with Crippen LogP contribution in [0.15, 0.2) is 29.3 Å². The number of benzene rings is 1. The van der Waals surface area contributed by atoms with Crippen LogP contribution in [0.4, 0.5) is 5.69 Å². The third-order valence-corrected chi connectivity index (χ3v) is 3.36. The van der Waals surface area contributed by atoms with Crippen LogP contribution >= 0.6 is 12.2 Å². The van der Waals surface area contributed by atoms with Crippen molar-refractivity contribution in [3.8, 4) is 5.88 Å². The van der Waals surface area contributed by atoms with Crippen molar-refractivity contribution in [2.24, 2.45) is 12.0 Å². The van der Waals surface area contributed by atoms with Crippen molar-refractivity contribution in [2.45, 2.75) is 0 Å². The Kier molecular flexibility index (Phi) is 2.41. The molecule has 1 aromatic carbocycles. The molecule has 0 spiro atoms. The lowest BCUT2D eigenvalue weighted by atomic mass is 10.1. The molecule has 0 fully saturated rings. The average molecular weight is 257 g/mol. The van der Waals surface area contributed by atoms with E-state index >= 15 is 0 Å². The van der Waals surface area contributed by atoms with E-state index in [9.17, 15) is 5.11 Å². The highest BCUT2D eigenvalue weighted by Gasteiger charge is 2.13. The van der Waals surface area contributed by atoms with E-state index in [2.05, 4.69) is 9.98 Å². The van der Waals surface area contributed by atoms with Crippen molar-refractivity contribution in [3.63, 3.8) is 0 Å². The topological polar surface area (TPSA) is 53.3 Å². The number of aromatic hydroxyl groups is 1. The summed E-state index contributed by atoms with van der Waals surface area (Å²) in [6.45, 7) is 0. The van der Waals surface area contributed by atoms with Crippen molar-refractivity contribution in [1.82, 2.24) is 9.55 Å². The van der Waals surface area contributed by atoms with Gasteiger partial charge in [0.1, 0.15) is 5.69 Å². The Morgan fingerprint density at radius 1 is 1.39 bits per heavy atom. The van der Waals surface area contributed by atoms with Crippen molar-refractivity contribution < 1.29 is 5.11 Å². The molecule has 18 heavy (non-hydrogen) atoms. The number of hydrogen-bond acceptors (Lipinski definition) is 3. The molecule has 4 nitrogen and oxygen atoms in total. The molecule has 0 bridgehead atoms. The van der Waals surface area contributed by atoms with E-state index < -0.39 is 0 Å². The van der Waals surface area contributed by atoms with E-state index in [0.717, 1.165) is 16.8 Å². The number of hydrogen-bond donors (Lipinski definition) is 2. The second kappa shape index (κ2) is 3.96. The smallest absolute Gasteiger partial charge is 0.215 e. The summed E-state index contributed by atoms with van der Waals surface area (Å²) in [5.41, 5.74) is 3.62. The Bertz CT molecular complexity index is 737. The zero-order chi connectivity index (χ0) is 12.7. The Labute approximate surface area is 109 Å². The number of aromatic amines is 1. The maximum absolute atomic E-state index is 9.79. The standard InChI is InChI=1S/C13H11N3OS/c1-16-11(12(17)15-13(16)18)6-8-7-14-10-5-3-2-4-9(8)10/h2-7,17H,1H3,(H,15,18)/b8-6+. The molecular formula is C13H11N3OS. The second-order valence-corrected chi connectivity index (χ2v) is 4.48. The number of para-hydroxylation sites is 1. The molecule has 3 rings (SSSR count). The molecule has 2 heterocycles. The lowest BCUT2D eigenvalue weighted by Crippen LogP contribution is -1.91. The van der Waals surface area contributed by atoms with Crippen LogP contribution in [0.3, 0.4) is 0 Å². The van der Waals surface area contributed by atoms with Crippen LogP contribution in [-0.4, -0.2) is 20.9 Å². The molecule has 5 heteroatoms. The van der Waals surface area contributed by atoms with Crippen LogP contribution in [0.5, 0.6) is 5.88 Å². The van der Waals surface area contributed by atoms with E-state index in [-0.39, 0.29) is 5.88 Å². The van der Waals surface area contributed by atoms with Gasteiger partial charge in [0.25, 0.3) is 0 Å². The molecule has 0 atom stereocenters. The molecule has 2 N–H and O–H groups in total. The van der Waals surface area contributed by atoms with Gasteiger partial charge >= 0.3 is 0 Å². The van der Waals surface area contributed by atoms with Crippen molar-refractivity contribution in [3.05, 3.63) is 40.3 Å². The number of rotatable bonds is 1. The summed E-state index contributed by atoms with van der Waals surface area (Å²) in [5, 5.41) is 9.79. The molecule has 0 radical (unpaired) electrons. The minimum atomic E-state index is 0.0766. The Morgan fingerprint density at radius 3 is 2.89 bits per heavy atom. The highest BCUT2D eigenvalue weighted by atomic mass is 32.1. The summed E-state index contributed by atoms with van der Waals surface area (Å²) < 4.78 is 2.22. The first-order valence-corrected chi connectivity index (χ1v) is 5.91. The van der Waals surface area contributed by atoms with Gasteiger partial charge in [0.15, 0.2) is 4.77 Å². The third-order valence-electron chi connectivity index (χ3n) is 2.98. The van der Waals surface area contributed by atoms with Gasteiger partial charge in [0.05, 0.1) is 5.69 Å². The number of nitrogens with one attached hydrogen (secondary N) is 1. The molecule has 0 amide bonds. The number of allylic oxidation sites excluding steroid dienone is 1. The molecular weight excluding hydrogens is 246 g/mol. The van der Waals surface area contributed by atoms with E-state index in [1.807, 2.05) is 37.4 Å². The maximum atomic E-state index is 9.79. The quantitative estimate of drug-likeness (QED) is 0.771. The normalized spacial score (nSPS) is 15.3. The van der Waals surface area contributed by atoms with Crippen LogP contribution < -0.4 is 0 Å². The average Bonchev–Trinajstić information content (AvgIpc) is 2.87. The summed E-state index contributed by atoms with van der Waals surface area (Å²) in [4.78, 5) is 7.04. The number of aromatic nitrogens is 2. The maximum Gasteiger partial charge on any atom is 0.215 e. The van der Waals surface area contributed by atoms with E-state index in [0.29, 0.717) is 10.5 Å². The van der Waals surface area contributed by atoms with Crippen molar-refractivity contribution in [2.75, 3.05) is 0 Å². The molecule has 1 aliphatic heterocycles. The number of nitrogens with zero attached hydrogens (tertiary/aromatic N) is 2. The van der Waals surface area contributed by atoms with Crippen LogP contribution in [0.25, 0.3) is 11.6 Å². The summed E-state index contributed by atoms with van der Waals surface area (Å²) >= 11 is 5.06. The first-order chi connectivity index (χ1) is 8.66. The highest BCUT2D eigenvalue weighted by Crippen LogP contribution is 2.33.